The first kappa shape index (κ1) is 16.2. The quantitative estimate of drug-likeness (QED) is 0.558. The van der Waals surface area contributed by atoms with Gasteiger partial charge in [-0.05, 0) is 5.92 Å². The normalized spacial score (nSPS) is 23.7. The number of hydrogen-bond donors (Lipinski definition) is 0. The first-order chi connectivity index (χ1) is 10.2. The highest BCUT2D eigenvalue weighted by atomic mass is 79.9. The second kappa shape index (κ2) is 7.71. The average molecular weight is 354 g/mol. The van der Waals surface area contributed by atoms with Crippen molar-refractivity contribution in [2.24, 2.45) is 11.8 Å². The number of nitrogens with zero attached hydrogens (tertiary/aromatic N) is 1. The Kier molecular flexibility index (Phi) is 5.94. The molecule has 0 radical (unpaired) electrons. The Balaban J connectivity index is 2.18. The number of rotatable bonds is 7. The molecule has 0 aromatic heterocycles. The van der Waals surface area contributed by atoms with Crippen molar-refractivity contribution in [3.05, 3.63) is 35.9 Å². The van der Waals surface area contributed by atoms with Crippen molar-refractivity contribution >= 4 is 28.2 Å². The number of carbonyl (C=O) groups excluding carboxylic acids is 2. The molecule has 3 atom stereocenters. The number of carbonyl (C=O) groups is 2. The zero-order chi connectivity index (χ0) is 15.2. The predicted molar refractivity (Wildman–Crippen MR) is 84.0 cm³/mol. The number of halogens is 1. The van der Waals surface area contributed by atoms with E-state index in [-0.39, 0.29) is 11.7 Å². The van der Waals surface area contributed by atoms with E-state index in [1.54, 1.807) is 0 Å². The van der Waals surface area contributed by atoms with Crippen LogP contribution in [-0.2, 0) is 14.3 Å². The van der Waals surface area contributed by atoms with E-state index in [0.717, 1.165) is 18.5 Å². The lowest BCUT2D eigenvalue weighted by atomic mass is 9.91. The molecule has 4 nitrogen and oxygen atoms in total. The van der Waals surface area contributed by atoms with Crippen LogP contribution in [0.5, 0.6) is 0 Å². The third-order valence-electron chi connectivity index (χ3n) is 4.14. The Bertz CT molecular complexity index is 480. The average Bonchev–Trinajstić information content (AvgIpc) is 2.96. The fraction of sp³-hybridized carbons (Fsp3) is 0.500. The van der Waals surface area contributed by atoms with Crippen molar-refractivity contribution in [3.8, 4) is 0 Å². The van der Waals surface area contributed by atoms with Crippen molar-refractivity contribution in [3.63, 3.8) is 0 Å². The van der Waals surface area contributed by atoms with Crippen LogP contribution in [0.2, 0.25) is 0 Å². The molecule has 2 rings (SSSR count). The first-order valence-electron chi connectivity index (χ1n) is 7.18. The summed E-state index contributed by atoms with van der Waals surface area (Å²) in [4.78, 5) is 25.0. The van der Waals surface area contributed by atoms with Crippen LogP contribution < -0.4 is 0 Å². The van der Waals surface area contributed by atoms with E-state index in [1.165, 1.54) is 0 Å². The molecule has 1 aliphatic rings. The highest BCUT2D eigenvalue weighted by Gasteiger charge is 2.39. The van der Waals surface area contributed by atoms with E-state index >= 15 is 0 Å². The SMILES string of the molecule is CC[C@@H]1CN(C(OC=O)c2ccccc2)C[C@@H]1C(=O)CBr. The summed E-state index contributed by atoms with van der Waals surface area (Å²) < 4.78 is 5.29. The summed E-state index contributed by atoms with van der Waals surface area (Å²) in [5.41, 5.74) is 0.936. The third kappa shape index (κ3) is 3.71. The summed E-state index contributed by atoms with van der Waals surface area (Å²) in [6, 6.07) is 9.65. The van der Waals surface area contributed by atoms with Crippen LogP contribution in [0.3, 0.4) is 0 Å². The van der Waals surface area contributed by atoms with Gasteiger partial charge in [0.05, 0.1) is 5.33 Å². The number of alkyl halides is 1. The van der Waals surface area contributed by atoms with E-state index < -0.39 is 6.23 Å². The first-order valence-corrected chi connectivity index (χ1v) is 8.30. The van der Waals surface area contributed by atoms with Gasteiger partial charge in [-0.1, -0.05) is 59.6 Å². The number of ketones is 1. The van der Waals surface area contributed by atoms with Crippen LogP contribution >= 0.6 is 15.9 Å². The molecule has 1 aromatic rings. The molecule has 0 spiro atoms. The highest BCUT2D eigenvalue weighted by molar-refractivity contribution is 9.09. The van der Waals surface area contributed by atoms with Gasteiger partial charge in [-0.3, -0.25) is 14.5 Å². The monoisotopic (exact) mass is 353 g/mol. The van der Waals surface area contributed by atoms with Crippen molar-refractivity contribution in [1.82, 2.24) is 4.90 Å². The molecule has 0 N–H and O–H groups in total. The van der Waals surface area contributed by atoms with Crippen LogP contribution in [0.15, 0.2) is 30.3 Å². The van der Waals surface area contributed by atoms with E-state index in [0.29, 0.717) is 24.3 Å². The van der Waals surface area contributed by atoms with Crippen molar-refractivity contribution < 1.29 is 14.3 Å². The van der Waals surface area contributed by atoms with Crippen molar-refractivity contribution in [2.45, 2.75) is 19.6 Å². The molecule has 1 fully saturated rings. The van der Waals surface area contributed by atoms with Crippen LogP contribution in [0.25, 0.3) is 0 Å². The van der Waals surface area contributed by atoms with Gasteiger partial charge >= 0.3 is 0 Å². The lowest BCUT2D eigenvalue weighted by Gasteiger charge is -2.26. The Morgan fingerprint density at radius 2 is 2.14 bits per heavy atom. The fourth-order valence-electron chi connectivity index (χ4n) is 3.02. The molecular weight excluding hydrogens is 334 g/mol. The van der Waals surface area contributed by atoms with Gasteiger partial charge in [0.15, 0.2) is 6.23 Å². The molecule has 114 valence electrons. The summed E-state index contributed by atoms with van der Waals surface area (Å²) in [5.74, 6) is 0.551. The van der Waals surface area contributed by atoms with Gasteiger partial charge in [-0.2, -0.15) is 0 Å². The molecule has 1 aromatic carbocycles. The van der Waals surface area contributed by atoms with E-state index in [4.69, 9.17) is 4.74 Å². The molecule has 0 amide bonds. The molecule has 1 saturated heterocycles. The molecule has 1 unspecified atom stereocenters. The van der Waals surface area contributed by atoms with Gasteiger partial charge < -0.3 is 4.74 Å². The van der Waals surface area contributed by atoms with Crippen LogP contribution in [-0.4, -0.2) is 35.6 Å². The van der Waals surface area contributed by atoms with E-state index in [2.05, 4.69) is 27.8 Å². The maximum atomic E-state index is 12.1. The van der Waals surface area contributed by atoms with Gasteiger partial charge in [0.25, 0.3) is 6.47 Å². The number of ether oxygens (including phenoxy) is 1. The lowest BCUT2D eigenvalue weighted by Crippen LogP contribution is -2.30. The number of hydrogen-bond acceptors (Lipinski definition) is 4. The zero-order valence-electron chi connectivity index (χ0n) is 12.1. The second-order valence-electron chi connectivity index (χ2n) is 5.32. The molecular formula is C16H20BrNO3. The molecule has 1 heterocycles. The van der Waals surface area contributed by atoms with Gasteiger partial charge in [0, 0.05) is 24.6 Å². The maximum Gasteiger partial charge on any atom is 0.294 e. The van der Waals surface area contributed by atoms with Gasteiger partial charge in [0.2, 0.25) is 0 Å². The minimum atomic E-state index is -0.411. The second-order valence-corrected chi connectivity index (χ2v) is 5.88. The summed E-state index contributed by atoms with van der Waals surface area (Å²) in [6.07, 6.45) is 0.536. The van der Waals surface area contributed by atoms with Crippen LogP contribution in [0.4, 0.5) is 0 Å². The molecule has 1 aliphatic heterocycles. The largest absolute Gasteiger partial charge is 0.444 e. The van der Waals surface area contributed by atoms with Crippen molar-refractivity contribution in [2.75, 3.05) is 18.4 Å². The Hall–Kier alpha value is -1.20. The van der Waals surface area contributed by atoms with Crippen molar-refractivity contribution in [1.29, 1.82) is 0 Å². The summed E-state index contributed by atoms with van der Waals surface area (Å²) in [6.45, 7) is 3.99. The molecule has 0 aliphatic carbocycles. The van der Waals surface area contributed by atoms with Gasteiger partial charge in [-0.25, -0.2) is 0 Å². The Morgan fingerprint density at radius 1 is 1.43 bits per heavy atom. The summed E-state index contributed by atoms with van der Waals surface area (Å²) >= 11 is 3.26. The number of benzene rings is 1. The Labute approximate surface area is 133 Å². The summed E-state index contributed by atoms with van der Waals surface area (Å²) in [7, 11) is 0. The highest BCUT2D eigenvalue weighted by Crippen LogP contribution is 2.34. The standard InChI is InChI=1S/C16H20BrNO3/c1-2-12-9-18(10-14(12)15(20)8-17)16(21-11-19)13-6-4-3-5-7-13/h3-7,11-12,14,16H,2,8-10H2,1H3/t12-,14+,16?/m1/s1. The van der Waals surface area contributed by atoms with E-state index in [9.17, 15) is 9.59 Å². The van der Waals surface area contributed by atoms with Crippen LogP contribution in [0, 0.1) is 11.8 Å². The molecule has 0 bridgehead atoms. The molecule has 5 heteroatoms. The van der Waals surface area contributed by atoms with Gasteiger partial charge in [-0.15, -0.1) is 0 Å². The lowest BCUT2D eigenvalue weighted by molar-refractivity contribution is -0.143. The minimum Gasteiger partial charge on any atom is -0.444 e. The van der Waals surface area contributed by atoms with E-state index in [1.807, 2.05) is 30.3 Å². The predicted octanol–water partition coefficient (Wildman–Crippen LogP) is 2.78. The Morgan fingerprint density at radius 3 is 2.71 bits per heavy atom. The van der Waals surface area contributed by atoms with Gasteiger partial charge in [0.1, 0.15) is 5.78 Å². The zero-order valence-corrected chi connectivity index (χ0v) is 13.7. The topological polar surface area (TPSA) is 46.6 Å². The molecule has 21 heavy (non-hydrogen) atoms. The number of Topliss-reactive ketones (excluding diaryl/α,β-unsaturated/α-hetero) is 1. The molecule has 0 saturated carbocycles. The third-order valence-corrected chi connectivity index (χ3v) is 4.69. The fourth-order valence-corrected chi connectivity index (χ4v) is 3.44. The number of likely N-dealkylation sites (tertiary alicyclic amines) is 1. The summed E-state index contributed by atoms with van der Waals surface area (Å²) in [5, 5.41) is 0.381. The maximum absolute atomic E-state index is 12.1. The smallest absolute Gasteiger partial charge is 0.294 e. The van der Waals surface area contributed by atoms with Crippen LogP contribution in [0.1, 0.15) is 25.1 Å². The minimum absolute atomic E-state index is 0.0100.